The summed E-state index contributed by atoms with van der Waals surface area (Å²) in [5.41, 5.74) is -0.240. The smallest absolute Gasteiger partial charge is 0.227 e. The van der Waals surface area contributed by atoms with E-state index in [1.165, 1.54) is 6.42 Å². The van der Waals surface area contributed by atoms with Gasteiger partial charge in [0.15, 0.2) is 0 Å². The van der Waals surface area contributed by atoms with E-state index in [-0.39, 0.29) is 11.4 Å². The second-order valence-electron chi connectivity index (χ2n) is 3.24. The standard InChI is InChI=1S/C7H12Cl2NO/c1-7(2,3)10-6(11)4-5(8)9/h4-5H,1-3H3,(H,10,11). The van der Waals surface area contributed by atoms with Gasteiger partial charge in [-0.15, -0.1) is 23.2 Å². The molecule has 0 aromatic carbocycles. The van der Waals surface area contributed by atoms with Gasteiger partial charge in [-0.25, -0.2) is 0 Å². The highest BCUT2D eigenvalue weighted by Gasteiger charge is 2.15. The molecule has 65 valence electrons. The van der Waals surface area contributed by atoms with E-state index in [0.29, 0.717) is 0 Å². The van der Waals surface area contributed by atoms with Crippen LogP contribution in [0.1, 0.15) is 20.8 Å². The zero-order valence-corrected chi connectivity index (χ0v) is 8.33. The van der Waals surface area contributed by atoms with Crippen molar-refractivity contribution in [3.05, 3.63) is 6.42 Å². The Morgan fingerprint density at radius 2 is 1.91 bits per heavy atom. The van der Waals surface area contributed by atoms with Crippen LogP contribution in [0, 0.1) is 6.42 Å². The molecule has 1 radical (unpaired) electrons. The van der Waals surface area contributed by atoms with Crippen LogP contribution in [0.3, 0.4) is 0 Å². The SMILES string of the molecule is CC(C)(C)NC(=O)[CH]C(Cl)Cl. The first-order valence-electron chi connectivity index (χ1n) is 3.26. The molecule has 4 heteroatoms. The van der Waals surface area contributed by atoms with Gasteiger partial charge in [0.25, 0.3) is 0 Å². The Hall–Kier alpha value is 0.0500. The van der Waals surface area contributed by atoms with E-state index >= 15 is 0 Å². The predicted octanol–water partition coefficient (Wildman–Crippen LogP) is 1.91. The Morgan fingerprint density at radius 3 is 2.18 bits per heavy atom. The molecule has 0 rings (SSSR count). The van der Waals surface area contributed by atoms with Crippen LogP contribution in [-0.2, 0) is 4.79 Å². The average molecular weight is 197 g/mol. The Morgan fingerprint density at radius 1 is 1.45 bits per heavy atom. The van der Waals surface area contributed by atoms with Crippen molar-refractivity contribution in [2.45, 2.75) is 31.1 Å². The van der Waals surface area contributed by atoms with Crippen molar-refractivity contribution in [3.8, 4) is 0 Å². The van der Waals surface area contributed by atoms with Crippen LogP contribution in [0.5, 0.6) is 0 Å². The molecule has 0 aromatic heterocycles. The summed E-state index contributed by atoms with van der Waals surface area (Å²) < 4.78 is 0. The van der Waals surface area contributed by atoms with Gasteiger partial charge in [-0.2, -0.15) is 0 Å². The fraction of sp³-hybridized carbons (Fsp3) is 0.714. The van der Waals surface area contributed by atoms with Gasteiger partial charge in [0.2, 0.25) is 5.91 Å². The van der Waals surface area contributed by atoms with Gasteiger partial charge in [-0.3, -0.25) is 4.79 Å². The van der Waals surface area contributed by atoms with Crippen LogP contribution >= 0.6 is 23.2 Å². The number of hydrogen-bond acceptors (Lipinski definition) is 1. The fourth-order valence-corrected chi connectivity index (χ4v) is 0.755. The number of hydrogen-bond donors (Lipinski definition) is 1. The highest BCUT2D eigenvalue weighted by atomic mass is 35.5. The molecule has 11 heavy (non-hydrogen) atoms. The van der Waals surface area contributed by atoms with Gasteiger partial charge in [0.05, 0.1) is 6.42 Å². The maximum absolute atomic E-state index is 10.9. The summed E-state index contributed by atoms with van der Waals surface area (Å²) >= 11 is 10.7. The van der Waals surface area contributed by atoms with Crippen LogP contribution in [0.2, 0.25) is 0 Å². The minimum absolute atomic E-state index is 0.240. The third-order valence-corrected chi connectivity index (χ3v) is 1.03. The maximum atomic E-state index is 10.9. The quantitative estimate of drug-likeness (QED) is 0.673. The van der Waals surface area contributed by atoms with Gasteiger partial charge in [-0.1, -0.05) is 0 Å². The lowest BCUT2D eigenvalue weighted by atomic mass is 10.1. The molecule has 0 unspecified atom stereocenters. The number of amides is 1. The summed E-state index contributed by atoms with van der Waals surface area (Å²) in [4.78, 5) is 10.2. The monoisotopic (exact) mass is 196 g/mol. The number of carbonyl (C=O) groups is 1. The molecule has 0 aliphatic heterocycles. The minimum Gasteiger partial charge on any atom is -0.351 e. The third-order valence-electron chi connectivity index (χ3n) is 0.776. The third kappa shape index (κ3) is 7.95. The maximum Gasteiger partial charge on any atom is 0.227 e. The van der Waals surface area contributed by atoms with Gasteiger partial charge in [0.1, 0.15) is 4.84 Å². The van der Waals surface area contributed by atoms with Crippen LogP contribution in [-0.4, -0.2) is 16.3 Å². The Balaban J connectivity index is 3.71. The first-order valence-corrected chi connectivity index (χ1v) is 4.14. The summed E-state index contributed by atoms with van der Waals surface area (Å²) in [5, 5.41) is 2.69. The van der Waals surface area contributed by atoms with Gasteiger partial charge in [0, 0.05) is 5.54 Å². The molecule has 0 spiro atoms. The number of nitrogens with one attached hydrogen (secondary N) is 1. The second kappa shape index (κ2) is 4.17. The summed E-state index contributed by atoms with van der Waals surface area (Å²) in [6, 6.07) is 0. The molecule has 0 bridgehead atoms. The Kier molecular flexibility index (Phi) is 4.19. The van der Waals surface area contributed by atoms with Crippen molar-refractivity contribution in [3.63, 3.8) is 0 Å². The van der Waals surface area contributed by atoms with Crippen molar-refractivity contribution in [1.29, 1.82) is 0 Å². The normalized spacial score (nSPS) is 11.8. The largest absolute Gasteiger partial charge is 0.351 e. The first kappa shape index (κ1) is 11.1. The van der Waals surface area contributed by atoms with Gasteiger partial charge < -0.3 is 5.32 Å². The van der Waals surface area contributed by atoms with E-state index in [2.05, 4.69) is 5.32 Å². The molecular weight excluding hydrogens is 185 g/mol. The molecule has 0 atom stereocenters. The number of rotatable bonds is 2. The second-order valence-corrected chi connectivity index (χ2v) is 4.40. The van der Waals surface area contributed by atoms with Crippen molar-refractivity contribution >= 4 is 29.1 Å². The van der Waals surface area contributed by atoms with Gasteiger partial charge >= 0.3 is 0 Å². The zero-order chi connectivity index (χ0) is 9.07. The summed E-state index contributed by atoms with van der Waals surface area (Å²) in [6.07, 6.45) is 1.22. The summed E-state index contributed by atoms with van der Waals surface area (Å²) in [6.45, 7) is 5.66. The highest BCUT2D eigenvalue weighted by molar-refractivity contribution is 6.46. The van der Waals surface area contributed by atoms with Crippen molar-refractivity contribution in [2.24, 2.45) is 0 Å². The Bertz CT molecular complexity index is 140. The molecule has 0 heterocycles. The molecule has 0 saturated heterocycles. The summed E-state index contributed by atoms with van der Waals surface area (Å²) in [7, 11) is 0. The van der Waals surface area contributed by atoms with E-state index in [1.807, 2.05) is 20.8 Å². The molecule has 0 aromatic rings. The van der Waals surface area contributed by atoms with Crippen LogP contribution < -0.4 is 5.32 Å². The first-order chi connectivity index (χ1) is 4.81. The number of halogens is 2. The lowest BCUT2D eigenvalue weighted by Gasteiger charge is -2.20. The minimum atomic E-state index is -0.739. The molecule has 0 aliphatic rings. The van der Waals surface area contributed by atoms with E-state index in [0.717, 1.165) is 0 Å². The number of carbonyl (C=O) groups excluding carboxylic acids is 1. The molecule has 0 aliphatic carbocycles. The van der Waals surface area contributed by atoms with Crippen molar-refractivity contribution in [1.82, 2.24) is 5.32 Å². The summed E-state index contributed by atoms with van der Waals surface area (Å²) in [5.74, 6) is -0.243. The van der Waals surface area contributed by atoms with Crippen LogP contribution in [0.4, 0.5) is 0 Å². The molecule has 0 saturated carbocycles. The topological polar surface area (TPSA) is 29.1 Å². The van der Waals surface area contributed by atoms with Crippen molar-refractivity contribution < 1.29 is 4.79 Å². The fourth-order valence-electron chi connectivity index (χ4n) is 0.526. The number of alkyl halides is 2. The van der Waals surface area contributed by atoms with E-state index < -0.39 is 4.84 Å². The average Bonchev–Trinajstić information content (AvgIpc) is 1.53. The molecule has 1 amide bonds. The van der Waals surface area contributed by atoms with Crippen molar-refractivity contribution in [2.75, 3.05) is 0 Å². The van der Waals surface area contributed by atoms with E-state index in [9.17, 15) is 4.79 Å². The molecule has 2 nitrogen and oxygen atoms in total. The predicted molar refractivity (Wildman–Crippen MR) is 47.7 cm³/mol. The highest BCUT2D eigenvalue weighted by Crippen LogP contribution is 2.07. The van der Waals surface area contributed by atoms with E-state index in [4.69, 9.17) is 23.2 Å². The molecule has 0 fully saturated rings. The van der Waals surface area contributed by atoms with Gasteiger partial charge in [-0.05, 0) is 20.8 Å². The lowest BCUT2D eigenvalue weighted by Crippen LogP contribution is -2.41. The lowest BCUT2D eigenvalue weighted by molar-refractivity contribution is -0.119. The van der Waals surface area contributed by atoms with E-state index in [1.54, 1.807) is 0 Å². The zero-order valence-electron chi connectivity index (χ0n) is 6.82. The van der Waals surface area contributed by atoms with Crippen LogP contribution in [0.15, 0.2) is 0 Å². The Labute approximate surface area is 77.2 Å². The van der Waals surface area contributed by atoms with Crippen LogP contribution in [0.25, 0.3) is 0 Å². The molecular formula is C7H12Cl2NO. The molecule has 1 N–H and O–H groups in total.